The van der Waals surface area contributed by atoms with Crippen LogP contribution in [0, 0.1) is 5.92 Å². The first-order chi connectivity index (χ1) is 7.47. The SMILES string of the molecule is COC(C)CN1C(=O)CNC(=O)C1C(C)C. The van der Waals surface area contributed by atoms with Crippen LogP contribution in [-0.2, 0) is 14.3 Å². The third kappa shape index (κ3) is 2.72. The molecule has 0 bridgehead atoms. The molecule has 1 N–H and O–H groups in total. The highest BCUT2D eigenvalue weighted by molar-refractivity contribution is 5.94. The number of carbonyl (C=O) groups is 2. The average molecular weight is 228 g/mol. The van der Waals surface area contributed by atoms with Crippen molar-refractivity contribution in [2.75, 3.05) is 20.2 Å². The summed E-state index contributed by atoms with van der Waals surface area (Å²) in [6.07, 6.45) is -0.0592. The second-order valence-corrected chi connectivity index (χ2v) is 4.50. The van der Waals surface area contributed by atoms with Crippen LogP contribution in [0.3, 0.4) is 0 Å². The standard InChI is InChI=1S/C11H20N2O3/c1-7(2)10-11(15)12-5-9(14)13(10)6-8(3)16-4/h7-8,10H,5-6H2,1-4H3,(H,12,15). The van der Waals surface area contributed by atoms with Gasteiger partial charge in [0.2, 0.25) is 11.8 Å². The molecule has 0 spiro atoms. The molecule has 1 aliphatic rings. The maximum atomic E-state index is 11.8. The van der Waals surface area contributed by atoms with Crippen molar-refractivity contribution in [3.8, 4) is 0 Å². The maximum Gasteiger partial charge on any atom is 0.243 e. The molecular formula is C11H20N2O3. The van der Waals surface area contributed by atoms with Gasteiger partial charge >= 0.3 is 0 Å². The number of carbonyl (C=O) groups excluding carboxylic acids is 2. The van der Waals surface area contributed by atoms with Crippen molar-refractivity contribution in [2.24, 2.45) is 5.92 Å². The van der Waals surface area contributed by atoms with Crippen molar-refractivity contribution in [1.29, 1.82) is 0 Å². The minimum Gasteiger partial charge on any atom is -0.380 e. The van der Waals surface area contributed by atoms with Gasteiger partial charge in [0.15, 0.2) is 0 Å². The Morgan fingerprint density at radius 1 is 1.44 bits per heavy atom. The summed E-state index contributed by atoms with van der Waals surface area (Å²) in [5.74, 6) is -0.00610. The molecule has 1 fully saturated rings. The Hall–Kier alpha value is -1.10. The molecule has 2 amide bonds. The number of nitrogens with one attached hydrogen (secondary N) is 1. The van der Waals surface area contributed by atoms with Gasteiger partial charge in [-0.15, -0.1) is 0 Å². The summed E-state index contributed by atoms with van der Waals surface area (Å²) in [4.78, 5) is 25.1. The number of amides is 2. The van der Waals surface area contributed by atoms with Crippen LogP contribution >= 0.6 is 0 Å². The second-order valence-electron chi connectivity index (χ2n) is 4.50. The van der Waals surface area contributed by atoms with E-state index in [0.29, 0.717) is 6.54 Å². The van der Waals surface area contributed by atoms with E-state index in [1.807, 2.05) is 20.8 Å². The predicted molar refractivity (Wildman–Crippen MR) is 59.8 cm³/mol. The summed E-state index contributed by atoms with van der Waals surface area (Å²) in [6.45, 7) is 6.32. The third-order valence-corrected chi connectivity index (χ3v) is 2.83. The molecule has 0 aromatic heterocycles. The number of nitrogens with zero attached hydrogens (tertiary/aromatic N) is 1. The zero-order valence-electron chi connectivity index (χ0n) is 10.3. The van der Waals surface area contributed by atoms with Gasteiger partial charge in [0.1, 0.15) is 6.04 Å². The zero-order chi connectivity index (χ0) is 12.3. The fourth-order valence-corrected chi connectivity index (χ4v) is 1.90. The number of piperazine rings is 1. The Balaban J connectivity index is 2.80. The van der Waals surface area contributed by atoms with Gasteiger partial charge in [-0.2, -0.15) is 0 Å². The van der Waals surface area contributed by atoms with Gasteiger partial charge in [0, 0.05) is 13.7 Å². The van der Waals surface area contributed by atoms with Gasteiger partial charge in [-0.3, -0.25) is 9.59 Å². The number of methoxy groups -OCH3 is 1. The lowest BCUT2D eigenvalue weighted by molar-refractivity contribution is -0.149. The zero-order valence-corrected chi connectivity index (χ0v) is 10.3. The molecule has 0 saturated carbocycles. The van der Waals surface area contributed by atoms with E-state index in [1.165, 1.54) is 0 Å². The van der Waals surface area contributed by atoms with Gasteiger partial charge in [-0.25, -0.2) is 0 Å². The Bertz CT molecular complexity index is 278. The van der Waals surface area contributed by atoms with E-state index in [0.717, 1.165) is 0 Å². The summed E-state index contributed by atoms with van der Waals surface area (Å²) in [5.41, 5.74) is 0. The summed E-state index contributed by atoms with van der Waals surface area (Å²) >= 11 is 0. The van der Waals surface area contributed by atoms with Gasteiger partial charge in [0.25, 0.3) is 0 Å². The molecule has 1 aliphatic heterocycles. The largest absolute Gasteiger partial charge is 0.380 e. The second kappa shape index (κ2) is 5.30. The Morgan fingerprint density at radius 2 is 2.06 bits per heavy atom. The van der Waals surface area contributed by atoms with Gasteiger partial charge < -0.3 is 15.0 Å². The molecule has 1 heterocycles. The molecule has 0 aromatic rings. The predicted octanol–water partition coefficient (Wildman–Crippen LogP) is 0.00430. The highest BCUT2D eigenvalue weighted by atomic mass is 16.5. The lowest BCUT2D eigenvalue weighted by atomic mass is 9.99. The summed E-state index contributed by atoms with van der Waals surface area (Å²) < 4.78 is 5.14. The summed E-state index contributed by atoms with van der Waals surface area (Å²) in [5, 5.41) is 2.61. The van der Waals surface area contributed by atoms with Crippen LogP contribution in [0.1, 0.15) is 20.8 Å². The van der Waals surface area contributed by atoms with Crippen LogP contribution in [0.25, 0.3) is 0 Å². The van der Waals surface area contributed by atoms with Crippen LogP contribution < -0.4 is 5.32 Å². The van der Waals surface area contributed by atoms with Crippen molar-refractivity contribution in [3.05, 3.63) is 0 Å². The smallest absolute Gasteiger partial charge is 0.243 e. The first-order valence-electron chi connectivity index (χ1n) is 5.57. The molecule has 0 aliphatic carbocycles. The molecule has 5 heteroatoms. The van der Waals surface area contributed by atoms with E-state index in [4.69, 9.17) is 4.74 Å². The molecule has 0 radical (unpaired) electrons. The lowest BCUT2D eigenvalue weighted by Gasteiger charge is -2.38. The number of rotatable bonds is 4. The molecule has 2 unspecified atom stereocenters. The van der Waals surface area contributed by atoms with Crippen LogP contribution in [-0.4, -0.2) is 49.1 Å². The summed E-state index contributed by atoms with van der Waals surface area (Å²) in [7, 11) is 1.60. The number of ether oxygens (including phenoxy) is 1. The molecule has 5 nitrogen and oxygen atoms in total. The van der Waals surface area contributed by atoms with Crippen molar-refractivity contribution < 1.29 is 14.3 Å². The number of hydrogen-bond donors (Lipinski definition) is 1. The Morgan fingerprint density at radius 3 is 2.56 bits per heavy atom. The highest BCUT2D eigenvalue weighted by Gasteiger charge is 2.36. The van der Waals surface area contributed by atoms with E-state index in [1.54, 1.807) is 12.0 Å². The fourth-order valence-electron chi connectivity index (χ4n) is 1.90. The van der Waals surface area contributed by atoms with Crippen molar-refractivity contribution >= 4 is 11.8 Å². The van der Waals surface area contributed by atoms with Crippen molar-refractivity contribution in [3.63, 3.8) is 0 Å². The van der Waals surface area contributed by atoms with E-state index in [-0.39, 0.29) is 36.4 Å². The first-order valence-corrected chi connectivity index (χ1v) is 5.57. The monoisotopic (exact) mass is 228 g/mol. The molecule has 92 valence electrons. The van der Waals surface area contributed by atoms with E-state index >= 15 is 0 Å². The Kier molecular flexibility index (Phi) is 4.29. The minimum absolute atomic E-state index is 0.0396. The molecule has 0 aromatic carbocycles. The lowest BCUT2D eigenvalue weighted by Crippen LogP contribution is -2.61. The van der Waals surface area contributed by atoms with Crippen molar-refractivity contribution in [2.45, 2.75) is 32.9 Å². The third-order valence-electron chi connectivity index (χ3n) is 2.83. The molecular weight excluding hydrogens is 208 g/mol. The van der Waals surface area contributed by atoms with Crippen LogP contribution in [0.5, 0.6) is 0 Å². The van der Waals surface area contributed by atoms with Crippen LogP contribution in [0.15, 0.2) is 0 Å². The molecule has 1 rings (SSSR count). The van der Waals surface area contributed by atoms with E-state index in [2.05, 4.69) is 5.32 Å². The fraction of sp³-hybridized carbons (Fsp3) is 0.818. The molecule has 1 saturated heterocycles. The molecule has 16 heavy (non-hydrogen) atoms. The highest BCUT2D eigenvalue weighted by Crippen LogP contribution is 2.15. The van der Waals surface area contributed by atoms with Gasteiger partial charge in [-0.1, -0.05) is 13.8 Å². The normalized spacial score (nSPS) is 23.6. The van der Waals surface area contributed by atoms with Crippen LogP contribution in [0.4, 0.5) is 0 Å². The van der Waals surface area contributed by atoms with E-state index < -0.39 is 0 Å². The number of hydrogen-bond acceptors (Lipinski definition) is 3. The molecule has 2 atom stereocenters. The quantitative estimate of drug-likeness (QED) is 0.737. The van der Waals surface area contributed by atoms with Gasteiger partial charge in [-0.05, 0) is 12.8 Å². The minimum atomic E-state index is -0.376. The van der Waals surface area contributed by atoms with E-state index in [9.17, 15) is 9.59 Å². The topological polar surface area (TPSA) is 58.6 Å². The van der Waals surface area contributed by atoms with Gasteiger partial charge in [0.05, 0.1) is 12.6 Å². The summed E-state index contributed by atoms with van der Waals surface area (Å²) in [6, 6.07) is -0.376. The Labute approximate surface area is 96.1 Å². The van der Waals surface area contributed by atoms with Crippen molar-refractivity contribution in [1.82, 2.24) is 10.2 Å². The maximum absolute atomic E-state index is 11.8. The first kappa shape index (κ1) is 13.0. The van der Waals surface area contributed by atoms with Crippen LogP contribution in [0.2, 0.25) is 0 Å². The average Bonchev–Trinajstić information content (AvgIpc) is 2.22.